The maximum Gasteiger partial charge on any atom is 0.257 e. The maximum atomic E-state index is 13.2. The van der Waals surface area contributed by atoms with E-state index in [0.717, 1.165) is 0 Å². The molecular formula is C15H14ClFN2O. The molecule has 5 heteroatoms. The minimum absolute atomic E-state index is 0.303. The quantitative estimate of drug-likeness (QED) is 0.895. The van der Waals surface area contributed by atoms with Crippen molar-refractivity contribution in [1.82, 2.24) is 0 Å². The topological polar surface area (TPSA) is 41.1 Å². The number of hydrogen-bond donors (Lipinski definition) is 2. The van der Waals surface area contributed by atoms with Crippen LogP contribution >= 0.6 is 11.6 Å². The molecule has 1 amide bonds. The predicted molar refractivity (Wildman–Crippen MR) is 80.1 cm³/mol. The summed E-state index contributed by atoms with van der Waals surface area (Å²) in [5.41, 5.74) is 2.12. The van der Waals surface area contributed by atoms with Crippen molar-refractivity contribution in [2.24, 2.45) is 0 Å². The molecule has 0 atom stereocenters. The van der Waals surface area contributed by atoms with Gasteiger partial charge < -0.3 is 10.6 Å². The van der Waals surface area contributed by atoms with Crippen LogP contribution in [0.4, 0.5) is 15.8 Å². The van der Waals surface area contributed by atoms with E-state index in [0.29, 0.717) is 27.5 Å². The molecule has 0 heterocycles. The van der Waals surface area contributed by atoms with Crippen LogP contribution in [0.1, 0.15) is 15.9 Å². The summed E-state index contributed by atoms with van der Waals surface area (Å²) in [4.78, 5) is 12.2. The molecule has 0 unspecified atom stereocenters. The Hall–Kier alpha value is -2.07. The Morgan fingerprint density at radius 1 is 1.20 bits per heavy atom. The SMILES string of the molecule is CNc1ccc(Cl)cc1C(=O)Nc1ccc(F)c(C)c1. The van der Waals surface area contributed by atoms with Crippen molar-refractivity contribution in [1.29, 1.82) is 0 Å². The van der Waals surface area contributed by atoms with Gasteiger partial charge in [0.05, 0.1) is 5.56 Å². The van der Waals surface area contributed by atoms with Crippen molar-refractivity contribution in [2.75, 3.05) is 17.7 Å². The number of amides is 1. The Labute approximate surface area is 121 Å². The van der Waals surface area contributed by atoms with E-state index < -0.39 is 0 Å². The van der Waals surface area contributed by atoms with E-state index in [2.05, 4.69) is 10.6 Å². The molecule has 0 aliphatic rings. The average molecular weight is 293 g/mol. The molecular weight excluding hydrogens is 279 g/mol. The normalized spacial score (nSPS) is 10.2. The lowest BCUT2D eigenvalue weighted by Crippen LogP contribution is -2.14. The molecule has 104 valence electrons. The highest BCUT2D eigenvalue weighted by Gasteiger charge is 2.12. The summed E-state index contributed by atoms with van der Waals surface area (Å²) in [7, 11) is 1.72. The fraction of sp³-hybridized carbons (Fsp3) is 0.133. The number of carbonyl (C=O) groups is 1. The number of aryl methyl sites for hydroxylation is 1. The Bertz CT molecular complexity index is 658. The monoisotopic (exact) mass is 292 g/mol. The third-order valence-electron chi connectivity index (χ3n) is 2.91. The zero-order chi connectivity index (χ0) is 14.7. The molecule has 2 aromatic rings. The Kier molecular flexibility index (Phi) is 4.25. The lowest BCUT2D eigenvalue weighted by molar-refractivity contribution is 0.102. The van der Waals surface area contributed by atoms with Crippen molar-refractivity contribution < 1.29 is 9.18 Å². The van der Waals surface area contributed by atoms with Gasteiger partial charge in [-0.3, -0.25) is 4.79 Å². The maximum absolute atomic E-state index is 13.2. The third-order valence-corrected chi connectivity index (χ3v) is 3.15. The van der Waals surface area contributed by atoms with Gasteiger partial charge in [0.1, 0.15) is 5.82 Å². The van der Waals surface area contributed by atoms with E-state index in [4.69, 9.17) is 11.6 Å². The van der Waals surface area contributed by atoms with Crippen molar-refractivity contribution in [3.63, 3.8) is 0 Å². The second-order valence-corrected chi connectivity index (χ2v) is 4.79. The van der Waals surface area contributed by atoms with Crippen molar-refractivity contribution in [2.45, 2.75) is 6.92 Å². The number of hydrogen-bond acceptors (Lipinski definition) is 2. The molecule has 0 spiro atoms. The van der Waals surface area contributed by atoms with Crippen LogP contribution in [-0.2, 0) is 0 Å². The van der Waals surface area contributed by atoms with Gasteiger partial charge in [0.2, 0.25) is 0 Å². The van der Waals surface area contributed by atoms with Gasteiger partial charge >= 0.3 is 0 Å². The van der Waals surface area contributed by atoms with Crippen LogP contribution in [-0.4, -0.2) is 13.0 Å². The van der Waals surface area contributed by atoms with Crippen LogP contribution in [0.25, 0.3) is 0 Å². The Balaban J connectivity index is 2.27. The van der Waals surface area contributed by atoms with Gasteiger partial charge in [-0.05, 0) is 48.9 Å². The highest BCUT2D eigenvalue weighted by Crippen LogP contribution is 2.22. The van der Waals surface area contributed by atoms with Crippen LogP contribution < -0.4 is 10.6 Å². The molecule has 0 aromatic heterocycles. The smallest absolute Gasteiger partial charge is 0.257 e. The second kappa shape index (κ2) is 5.92. The summed E-state index contributed by atoms with van der Waals surface area (Å²) in [6.45, 7) is 1.64. The van der Waals surface area contributed by atoms with E-state index >= 15 is 0 Å². The molecule has 2 aromatic carbocycles. The van der Waals surface area contributed by atoms with E-state index in [-0.39, 0.29) is 11.7 Å². The van der Waals surface area contributed by atoms with Gasteiger partial charge in [-0.25, -0.2) is 4.39 Å². The van der Waals surface area contributed by atoms with Crippen LogP contribution in [0.2, 0.25) is 5.02 Å². The standard InChI is InChI=1S/C15H14ClFN2O/c1-9-7-11(4-5-13(9)17)19-15(20)12-8-10(16)3-6-14(12)18-2/h3-8,18H,1-2H3,(H,19,20). The first-order chi connectivity index (χ1) is 9.51. The number of nitrogens with one attached hydrogen (secondary N) is 2. The fourth-order valence-corrected chi connectivity index (χ4v) is 2.02. The number of carbonyl (C=O) groups excluding carboxylic acids is 1. The van der Waals surface area contributed by atoms with E-state index in [1.165, 1.54) is 12.1 Å². The first-order valence-corrected chi connectivity index (χ1v) is 6.44. The minimum atomic E-state index is -0.304. The first-order valence-electron chi connectivity index (χ1n) is 6.06. The van der Waals surface area contributed by atoms with Gasteiger partial charge in [-0.2, -0.15) is 0 Å². The number of anilines is 2. The van der Waals surface area contributed by atoms with Gasteiger partial charge in [0, 0.05) is 23.4 Å². The number of benzene rings is 2. The van der Waals surface area contributed by atoms with Crippen LogP contribution in [0.5, 0.6) is 0 Å². The zero-order valence-electron chi connectivity index (χ0n) is 11.1. The average Bonchev–Trinajstić information content (AvgIpc) is 2.43. The molecule has 0 aliphatic heterocycles. The zero-order valence-corrected chi connectivity index (χ0v) is 11.9. The van der Waals surface area contributed by atoms with Crippen molar-refractivity contribution in [3.8, 4) is 0 Å². The fourth-order valence-electron chi connectivity index (χ4n) is 1.84. The number of halogens is 2. The minimum Gasteiger partial charge on any atom is -0.387 e. The van der Waals surface area contributed by atoms with E-state index in [1.54, 1.807) is 38.2 Å². The van der Waals surface area contributed by atoms with Crippen LogP contribution in [0.3, 0.4) is 0 Å². The summed E-state index contributed by atoms with van der Waals surface area (Å²) in [5.74, 6) is -0.607. The van der Waals surface area contributed by atoms with Gasteiger partial charge in [0.25, 0.3) is 5.91 Å². The Morgan fingerprint density at radius 2 is 1.95 bits per heavy atom. The highest BCUT2D eigenvalue weighted by molar-refractivity contribution is 6.31. The first kappa shape index (κ1) is 14.3. The number of rotatable bonds is 3. The molecule has 0 aliphatic carbocycles. The summed E-state index contributed by atoms with van der Waals surface area (Å²) in [5, 5.41) is 6.13. The molecule has 0 radical (unpaired) electrons. The lowest BCUT2D eigenvalue weighted by Gasteiger charge is -2.11. The second-order valence-electron chi connectivity index (χ2n) is 4.36. The van der Waals surface area contributed by atoms with Crippen LogP contribution in [0, 0.1) is 12.7 Å². The summed E-state index contributed by atoms with van der Waals surface area (Å²) >= 11 is 5.91. The van der Waals surface area contributed by atoms with Gasteiger partial charge in [-0.15, -0.1) is 0 Å². The summed E-state index contributed by atoms with van der Waals surface area (Å²) < 4.78 is 13.2. The molecule has 2 rings (SSSR count). The van der Waals surface area contributed by atoms with Crippen molar-refractivity contribution >= 4 is 28.9 Å². The molecule has 3 nitrogen and oxygen atoms in total. The largest absolute Gasteiger partial charge is 0.387 e. The van der Waals surface area contributed by atoms with E-state index in [9.17, 15) is 9.18 Å². The summed E-state index contributed by atoms with van der Waals surface area (Å²) in [6, 6.07) is 9.43. The lowest BCUT2D eigenvalue weighted by atomic mass is 10.1. The third kappa shape index (κ3) is 3.08. The van der Waals surface area contributed by atoms with E-state index in [1.807, 2.05) is 0 Å². The molecule has 0 fully saturated rings. The molecule has 20 heavy (non-hydrogen) atoms. The summed E-state index contributed by atoms with van der Waals surface area (Å²) in [6.07, 6.45) is 0. The Morgan fingerprint density at radius 3 is 2.60 bits per heavy atom. The molecule has 0 bridgehead atoms. The molecule has 0 saturated carbocycles. The molecule has 2 N–H and O–H groups in total. The van der Waals surface area contributed by atoms with Crippen LogP contribution in [0.15, 0.2) is 36.4 Å². The van der Waals surface area contributed by atoms with Gasteiger partial charge in [0.15, 0.2) is 0 Å². The van der Waals surface area contributed by atoms with Gasteiger partial charge in [-0.1, -0.05) is 11.6 Å². The molecule has 0 saturated heterocycles. The highest BCUT2D eigenvalue weighted by atomic mass is 35.5. The predicted octanol–water partition coefficient (Wildman–Crippen LogP) is 4.08. The van der Waals surface area contributed by atoms with Crippen molar-refractivity contribution in [3.05, 3.63) is 58.4 Å².